The molecule has 0 radical (unpaired) electrons. The van der Waals surface area contributed by atoms with E-state index in [0.29, 0.717) is 25.6 Å². The number of nitrogens with zero attached hydrogens (tertiary/aromatic N) is 1. The molecule has 0 unspecified atom stereocenters. The Morgan fingerprint density at radius 1 is 1.12 bits per heavy atom. The van der Waals surface area contributed by atoms with Gasteiger partial charge in [0.2, 0.25) is 12.7 Å². The zero-order valence-electron chi connectivity index (χ0n) is 14.7. The van der Waals surface area contributed by atoms with Crippen LogP contribution in [0.3, 0.4) is 0 Å². The minimum atomic E-state index is -0.376. The maximum atomic E-state index is 11.8. The summed E-state index contributed by atoms with van der Waals surface area (Å²) in [7, 11) is 1.71. The van der Waals surface area contributed by atoms with Crippen molar-refractivity contribution in [3.63, 3.8) is 0 Å². The van der Waals surface area contributed by atoms with Crippen molar-refractivity contribution in [2.45, 2.75) is 27.3 Å². The zero-order valence-corrected chi connectivity index (χ0v) is 14.7. The predicted octanol–water partition coefficient (Wildman–Crippen LogP) is 1.24. The van der Waals surface area contributed by atoms with E-state index in [-0.39, 0.29) is 18.1 Å². The summed E-state index contributed by atoms with van der Waals surface area (Å²) in [6.07, 6.45) is 0. The van der Waals surface area contributed by atoms with E-state index in [1.807, 2.05) is 39.0 Å². The van der Waals surface area contributed by atoms with Gasteiger partial charge in [0.15, 0.2) is 17.5 Å². The highest BCUT2D eigenvalue weighted by atomic mass is 16.7. The maximum Gasteiger partial charge on any atom is 0.231 e. The molecule has 0 saturated heterocycles. The van der Waals surface area contributed by atoms with E-state index >= 15 is 0 Å². The molecule has 0 aromatic heterocycles. The lowest BCUT2D eigenvalue weighted by atomic mass is 9.96. The molecule has 0 aliphatic carbocycles. The molecule has 0 atom stereocenters. The fourth-order valence-electron chi connectivity index (χ4n) is 2.08. The molecule has 7 heteroatoms. The summed E-state index contributed by atoms with van der Waals surface area (Å²) in [5.74, 6) is 2.25. The van der Waals surface area contributed by atoms with Crippen LogP contribution in [0.5, 0.6) is 11.5 Å². The molecule has 1 aromatic rings. The number of ether oxygens (including phenoxy) is 2. The van der Waals surface area contributed by atoms with Gasteiger partial charge in [-0.25, -0.2) is 0 Å². The van der Waals surface area contributed by atoms with Crippen molar-refractivity contribution >= 4 is 11.9 Å². The number of rotatable bonds is 5. The van der Waals surface area contributed by atoms with Crippen LogP contribution in [0.25, 0.3) is 0 Å². The molecule has 24 heavy (non-hydrogen) atoms. The lowest BCUT2D eigenvalue weighted by Gasteiger charge is -2.18. The van der Waals surface area contributed by atoms with Crippen molar-refractivity contribution in [1.29, 1.82) is 0 Å². The maximum absolute atomic E-state index is 11.8. The normalized spacial score (nSPS) is 13.6. The third-order valence-corrected chi connectivity index (χ3v) is 3.50. The van der Waals surface area contributed by atoms with Crippen LogP contribution < -0.4 is 25.4 Å². The van der Waals surface area contributed by atoms with Crippen molar-refractivity contribution in [3.8, 4) is 11.5 Å². The Morgan fingerprint density at radius 3 is 2.54 bits per heavy atom. The van der Waals surface area contributed by atoms with E-state index < -0.39 is 0 Å². The number of hydrogen-bond donors (Lipinski definition) is 3. The summed E-state index contributed by atoms with van der Waals surface area (Å²) in [6, 6.07) is 5.83. The van der Waals surface area contributed by atoms with Gasteiger partial charge in [0.25, 0.3) is 0 Å². The topological polar surface area (TPSA) is 84.0 Å². The molecule has 1 heterocycles. The summed E-state index contributed by atoms with van der Waals surface area (Å²) in [5, 5.41) is 9.28. The van der Waals surface area contributed by atoms with E-state index in [9.17, 15) is 4.79 Å². The van der Waals surface area contributed by atoms with Crippen molar-refractivity contribution < 1.29 is 14.3 Å². The minimum absolute atomic E-state index is 0.0348. The lowest BCUT2D eigenvalue weighted by Crippen LogP contribution is -2.43. The highest BCUT2D eigenvalue weighted by Gasteiger charge is 2.20. The Hall–Kier alpha value is -2.44. The Kier molecular flexibility index (Phi) is 5.89. The second-order valence-corrected chi connectivity index (χ2v) is 6.55. The van der Waals surface area contributed by atoms with Gasteiger partial charge in [0, 0.05) is 32.1 Å². The Balaban J connectivity index is 1.72. The first-order valence-corrected chi connectivity index (χ1v) is 8.01. The van der Waals surface area contributed by atoms with Crippen LogP contribution in [0.4, 0.5) is 0 Å². The number of aliphatic imine (C=N–C) groups is 1. The number of carbonyl (C=O) groups is 1. The van der Waals surface area contributed by atoms with Gasteiger partial charge in [-0.2, -0.15) is 0 Å². The van der Waals surface area contributed by atoms with Crippen molar-refractivity contribution in [1.82, 2.24) is 16.0 Å². The molecular formula is C17H26N4O3. The molecule has 0 saturated carbocycles. The van der Waals surface area contributed by atoms with Crippen LogP contribution in [-0.2, 0) is 11.3 Å². The number of guanidine groups is 1. The van der Waals surface area contributed by atoms with Gasteiger partial charge in [-0.3, -0.25) is 9.79 Å². The van der Waals surface area contributed by atoms with Gasteiger partial charge in [0.05, 0.1) is 0 Å². The smallest absolute Gasteiger partial charge is 0.231 e. The molecule has 0 fully saturated rings. The number of fused-ring (bicyclic) bond motifs is 1. The molecule has 1 aliphatic heterocycles. The average Bonchev–Trinajstić information content (AvgIpc) is 3.00. The highest BCUT2D eigenvalue weighted by molar-refractivity contribution is 5.81. The number of carbonyl (C=O) groups excluding carboxylic acids is 1. The van der Waals surface area contributed by atoms with Crippen LogP contribution in [0.1, 0.15) is 26.3 Å². The van der Waals surface area contributed by atoms with E-state index in [0.717, 1.165) is 17.1 Å². The van der Waals surface area contributed by atoms with E-state index in [1.165, 1.54) is 0 Å². The summed E-state index contributed by atoms with van der Waals surface area (Å²) in [5.41, 5.74) is 0.697. The fourth-order valence-corrected chi connectivity index (χ4v) is 2.08. The summed E-state index contributed by atoms with van der Waals surface area (Å²) in [4.78, 5) is 15.9. The zero-order chi connectivity index (χ0) is 17.6. The van der Waals surface area contributed by atoms with Gasteiger partial charge < -0.3 is 25.4 Å². The van der Waals surface area contributed by atoms with Gasteiger partial charge >= 0.3 is 0 Å². The average molecular weight is 334 g/mol. The second kappa shape index (κ2) is 7.90. The van der Waals surface area contributed by atoms with Crippen LogP contribution in [-0.4, -0.2) is 38.8 Å². The van der Waals surface area contributed by atoms with Gasteiger partial charge in [-0.05, 0) is 17.7 Å². The molecule has 1 aromatic carbocycles. The highest BCUT2D eigenvalue weighted by Crippen LogP contribution is 2.32. The van der Waals surface area contributed by atoms with E-state index in [1.54, 1.807) is 7.05 Å². The molecule has 3 N–H and O–H groups in total. The van der Waals surface area contributed by atoms with Gasteiger partial charge in [-0.15, -0.1) is 0 Å². The molecular weight excluding hydrogens is 308 g/mol. The van der Waals surface area contributed by atoms with Crippen LogP contribution >= 0.6 is 0 Å². The number of amides is 1. The molecule has 1 amide bonds. The molecule has 0 bridgehead atoms. The first kappa shape index (κ1) is 17.9. The predicted molar refractivity (Wildman–Crippen MR) is 93.2 cm³/mol. The fraction of sp³-hybridized carbons (Fsp3) is 0.529. The first-order valence-electron chi connectivity index (χ1n) is 8.01. The van der Waals surface area contributed by atoms with Crippen molar-refractivity contribution in [2.24, 2.45) is 10.4 Å². The molecule has 0 spiro atoms. The summed E-state index contributed by atoms with van der Waals surface area (Å²) >= 11 is 0. The Bertz CT molecular complexity index is 608. The first-order chi connectivity index (χ1) is 11.4. The number of benzene rings is 1. The van der Waals surface area contributed by atoms with Crippen LogP contribution in [0.2, 0.25) is 0 Å². The van der Waals surface area contributed by atoms with Crippen LogP contribution in [0.15, 0.2) is 23.2 Å². The lowest BCUT2D eigenvalue weighted by molar-refractivity contribution is -0.128. The molecule has 132 valence electrons. The Labute approximate surface area is 142 Å². The number of nitrogens with one attached hydrogen (secondary N) is 3. The minimum Gasteiger partial charge on any atom is -0.454 e. The molecule has 2 rings (SSSR count). The van der Waals surface area contributed by atoms with Crippen molar-refractivity contribution in [3.05, 3.63) is 23.8 Å². The third-order valence-electron chi connectivity index (χ3n) is 3.50. The van der Waals surface area contributed by atoms with E-state index in [4.69, 9.17) is 9.47 Å². The van der Waals surface area contributed by atoms with Gasteiger partial charge in [-0.1, -0.05) is 26.8 Å². The van der Waals surface area contributed by atoms with Crippen molar-refractivity contribution in [2.75, 3.05) is 26.9 Å². The second-order valence-electron chi connectivity index (χ2n) is 6.55. The quantitative estimate of drug-likeness (QED) is 0.429. The largest absolute Gasteiger partial charge is 0.454 e. The Morgan fingerprint density at radius 2 is 1.83 bits per heavy atom. The molecule has 7 nitrogen and oxygen atoms in total. The SMILES string of the molecule is CN=C(NCCNC(=O)C(C)(C)C)NCc1ccc2c(c1)OCO2. The van der Waals surface area contributed by atoms with E-state index in [2.05, 4.69) is 20.9 Å². The van der Waals surface area contributed by atoms with Gasteiger partial charge in [0.1, 0.15) is 0 Å². The van der Waals surface area contributed by atoms with Crippen LogP contribution in [0, 0.1) is 5.41 Å². The third kappa shape index (κ3) is 5.04. The summed E-state index contributed by atoms with van der Waals surface area (Å²) < 4.78 is 10.7. The summed E-state index contributed by atoms with van der Waals surface area (Å²) in [6.45, 7) is 7.70. The standard InChI is InChI=1S/C17H26N4O3/c1-17(2,3)15(22)19-7-8-20-16(18-4)21-10-12-5-6-13-14(9-12)24-11-23-13/h5-6,9H,7-8,10-11H2,1-4H3,(H,19,22)(H2,18,20,21). The number of hydrogen-bond acceptors (Lipinski definition) is 4. The molecule has 1 aliphatic rings. The monoisotopic (exact) mass is 334 g/mol.